The van der Waals surface area contributed by atoms with E-state index in [0.717, 1.165) is 11.8 Å². The number of aryl methyl sites for hydroxylation is 1. The van der Waals surface area contributed by atoms with Gasteiger partial charge in [0.1, 0.15) is 5.75 Å². The molecule has 0 aliphatic carbocycles. The molecule has 1 amide bonds. The molecule has 0 radical (unpaired) electrons. The summed E-state index contributed by atoms with van der Waals surface area (Å²) < 4.78 is 7.15. The lowest BCUT2D eigenvalue weighted by atomic mass is 10.1. The van der Waals surface area contributed by atoms with E-state index in [9.17, 15) is 9.59 Å². The van der Waals surface area contributed by atoms with Crippen LogP contribution >= 0.6 is 0 Å². The third-order valence-corrected chi connectivity index (χ3v) is 3.08. The van der Waals surface area contributed by atoms with Crippen molar-refractivity contribution < 1.29 is 9.53 Å². The largest absolute Gasteiger partial charge is 0.483 e. The van der Waals surface area contributed by atoms with Gasteiger partial charge in [-0.25, -0.2) is 0 Å². The van der Waals surface area contributed by atoms with E-state index in [1.807, 2.05) is 13.0 Å². The molecule has 0 fully saturated rings. The van der Waals surface area contributed by atoms with Crippen LogP contribution < -0.4 is 15.6 Å². The molecule has 0 spiro atoms. The number of amides is 1. The summed E-state index contributed by atoms with van der Waals surface area (Å²) in [5, 5.41) is 3.83. The highest BCUT2D eigenvalue weighted by Crippen LogP contribution is 2.23. The molecule has 0 saturated carbocycles. The molecule has 5 nitrogen and oxygen atoms in total. The van der Waals surface area contributed by atoms with Crippen molar-refractivity contribution in [2.75, 3.05) is 13.7 Å². The van der Waals surface area contributed by atoms with Gasteiger partial charge < -0.3 is 14.6 Å². The molecule has 106 valence electrons. The fourth-order valence-electron chi connectivity index (χ4n) is 2.05. The van der Waals surface area contributed by atoms with Gasteiger partial charge in [0, 0.05) is 25.2 Å². The fraction of sp³-hybridized carbons (Fsp3) is 0.333. The van der Waals surface area contributed by atoms with Crippen molar-refractivity contribution in [3.63, 3.8) is 0 Å². The number of benzene rings is 1. The molecular formula is C15H18N2O3. The number of likely N-dealkylation sites (N-methyl/N-ethyl adjacent to an activating group) is 1. The SMILES string of the molecule is CCCn1ccc2c(OCC(=O)NC)cccc2c1=O. The van der Waals surface area contributed by atoms with Crippen LogP contribution in [0, 0.1) is 0 Å². The number of rotatable bonds is 5. The number of aromatic nitrogens is 1. The summed E-state index contributed by atoms with van der Waals surface area (Å²) in [6.07, 6.45) is 2.67. The first-order valence-corrected chi connectivity index (χ1v) is 6.63. The predicted molar refractivity (Wildman–Crippen MR) is 78.1 cm³/mol. The molecule has 20 heavy (non-hydrogen) atoms. The van der Waals surface area contributed by atoms with Crippen LogP contribution in [0.4, 0.5) is 0 Å². The lowest BCUT2D eigenvalue weighted by Crippen LogP contribution is -2.25. The van der Waals surface area contributed by atoms with E-state index >= 15 is 0 Å². The standard InChI is InChI=1S/C15H18N2O3/c1-3-8-17-9-7-11-12(15(17)19)5-4-6-13(11)20-10-14(18)16-2/h4-7,9H,3,8,10H2,1-2H3,(H,16,18). The molecule has 2 aromatic rings. The summed E-state index contributed by atoms with van der Waals surface area (Å²) in [7, 11) is 1.55. The number of hydrogen-bond donors (Lipinski definition) is 1. The summed E-state index contributed by atoms with van der Waals surface area (Å²) >= 11 is 0. The molecule has 5 heteroatoms. The van der Waals surface area contributed by atoms with Gasteiger partial charge in [0.2, 0.25) is 0 Å². The van der Waals surface area contributed by atoms with Gasteiger partial charge >= 0.3 is 0 Å². The topological polar surface area (TPSA) is 60.3 Å². The van der Waals surface area contributed by atoms with Crippen molar-refractivity contribution in [1.29, 1.82) is 0 Å². The summed E-state index contributed by atoms with van der Waals surface area (Å²) in [6.45, 7) is 2.66. The first-order chi connectivity index (χ1) is 9.67. The maximum atomic E-state index is 12.3. The van der Waals surface area contributed by atoms with Gasteiger partial charge in [0.25, 0.3) is 11.5 Å². The van der Waals surface area contributed by atoms with E-state index in [4.69, 9.17) is 4.74 Å². The second-order valence-electron chi connectivity index (χ2n) is 4.49. The Labute approximate surface area is 117 Å². The van der Waals surface area contributed by atoms with Crippen LogP contribution in [0.1, 0.15) is 13.3 Å². The number of hydrogen-bond acceptors (Lipinski definition) is 3. The molecule has 1 heterocycles. The smallest absolute Gasteiger partial charge is 0.258 e. The van der Waals surface area contributed by atoms with E-state index < -0.39 is 0 Å². The minimum Gasteiger partial charge on any atom is -0.483 e. The molecule has 1 aromatic heterocycles. The second kappa shape index (κ2) is 6.23. The molecule has 2 rings (SSSR count). The highest BCUT2D eigenvalue weighted by Gasteiger charge is 2.08. The molecule has 0 bridgehead atoms. The Bertz CT molecular complexity index is 676. The third kappa shape index (κ3) is 2.82. The number of pyridine rings is 1. The van der Waals surface area contributed by atoms with E-state index in [2.05, 4.69) is 5.32 Å². The highest BCUT2D eigenvalue weighted by molar-refractivity contribution is 5.88. The Balaban J connectivity index is 2.40. The minimum atomic E-state index is -0.207. The first kappa shape index (κ1) is 14.1. The lowest BCUT2D eigenvalue weighted by Gasteiger charge is -2.10. The van der Waals surface area contributed by atoms with Crippen molar-refractivity contribution in [2.24, 2.45) is 0 Å². The van der Waals surface area contributed by atoms with Gasteiger partial charge in [0.05, 0.1) is 5.39 Å². The van der Waals surface area contributed by atoms with Gasteiger partial charge in [-0.3, -0.25) is 9.59 Å². The van der Waals surface area contributed by atoms with Crippen molar-refractivity contribution in [3.05, 3.63) is 40.8 Å². The number of ether oxygens (including phenoxy) is 1. The number of carbonyl (C=O) groups is 1. The number of nitrogens with one attached hydrogen (secondary N) is 1. The van der Waals surface area contributed by atoms with Crippen LogP contribution in [-0.4, -0.2) is 24.1 Å². The average molecular weight is 274 g/mol. The van der Waals surface area contributed by atoms with Crippen LogP contribution in [0.3, 0.4) is 0 Å². The Hall–Kier alpha value is -2.30. The zero-order valence-electron chi connectivity index (χ0n) is 11.7. The molecule has 1 N–H and O–H groups in total. The average Bonchev–Trinajstić information content (AvgIpc) is 2.48. The molecule has 0 aliphatic heterocycles. The Morgan fingerprint density at radius 2 is 2.10 bits per heavy atom. The molecular weight excluding hydrogens is 256 g/mol. The van der Waals surface area contributed by atoms with Crippen LogP contribution in [0.15, 0.2) is 35.3 Å². The van der Waals surface area contributed by atoms with E-state index in [0.29, 0.717) is 17.7 Å². The lowest BCUT2D eigenvalue weighted by molar-refractivity contribution is -0.122. The van der Waals surface area contributed by atoms with Crippen LogP contribution in [-0.2, 0) is 11.3 Å². The molecule has 1 aromatic carbocycles. The van der Waals surface area contributed by atoms with Crippen LogP contribution in [0.5, 0.6) is 5.75 Å². The second-order valence-corrected chi connectivity index (χ2v) is 4.49. The van der Waals surface area contributed by atoms with Crippen molar-refractivity contribution in [2.45, 2.75) is 19.9 Å². The van der Waals surface area contributed by atoms with Crippen molar-refractivity contribution in [3.8, 4) is 5.75 Å². The maximum absolute atomic E-state index is 12.3. The quantitative estimate of drug-likeness (QED) is 0.899. The molecule has 0 saturated heterocycles. The van der Waals surface area contributed by atoms with Gasteiger partial charge in [0.15, 0.2) is 6.61 Å². The number of carbonyl (C=O) groups excluding carboxylic acids is 1. The Morgan fingerprint density at radius 1 is 1.30 bits per heavy atom. The normalized spacial score (nSPS) is 10.5. The van der Waals surface area contributed by atoms with Gasteiger partial charge in [-0.05, 0) is 24.6 Å². The summed E-state index contributed by atoms with van der Waals surface area (Å²) in [5.74, 6) is 0.341. The Morgan fingerprint density at radius 3 is 2.80 bits per heavy atom. The van der Waals surface area contributed by atoms with Gasteiger partial charge in [-0.1, -0.05) is 13.0 Å². The Kier molecular flexibility index (Phi) is 4.40. The van der Waals surface area contributed by atoms with Crippen molar-refractivity contribution in [1.82, 2.24) is 9.88 Å². The zero-order chi connectivity index (χ0) is 14.5. The molecule has 0 unspecified atom stereocenters. The fourth-order valence-corrected chi connectivity index (χ4v) is 2.05. The number of fused-ring (bicyclic) bond motifs is 1. The van der Waals surface area contributed by atoms with Gasteiger partial charge in [-0.15, -0.1) is 0 Å². The van der Waals surface area contributed by atoms with Crippen molar-refractivity contribution >= 4 is 16.7 Å². The van der Waals surface area contributed by atoms with E-state index in [-0.39, 0.29) is 18.1 Å². The third-order valence-electron chi connectivity index (χ3n) is 3.08. The minimum absolute atomic E-state index is 0.0326. The summed E-state index contributed by atoms with van der Waals surface area (Å²) in [6, 6.07) is 7.15. The molecule has 0 aliphatic rings. The van der Waals surface area contributed by atoms with Crippen LogP contribution in [0.25, 0.3) is 10.8 Å². The maximum Gasteiger partial charge on any atom is 0.258 e. The zero-order valence-corrected chi connectivity index (χ0v) is 11.7. The monoisotopic (exact) mass is 274 g/mol. The summed E-state index contributed by atoms with van der Waals surface area (Å²) in [5.41, 5.74) is -0.0326. The van der Waals surface area contributed by atoms with E-state index in [1.165, 1.54) is 0 Å². The highest BCUT2D eigenvalue weighted by atomic mass is 16.5. The summed E-state index contributed by atoms with van der Waals surface area (Å²) in [4.78, 5) is 23.5. The predicted octanol–water partition coefficient (Wildman–Crippen LogP) is 1.54. The van der Waals surface area contributed by atoms with Crippen LogP contribution in [0.2, 0.25) is 0 Å². The van der Waals surface area contributed by atoms with Gasteiger partial charge in [-0.2, -0.15) is 0 Å². The molecule has 0 atom stereocenters. The number of nitrogens with zero attached hydrogens (tertiary/aromatic N) is 1. The van der Waals surface area contributed by atoms with E-state index in [1.54, 1.807) is 36.0 Å². The first-order valence-electron chi connectivity index (χ1n) is 6.63.